The van der Waals surface area contributed by atoms with Gasteiger partial charge < -0.3 is 10.6 Å². The third-order valence-corrected chi connectivity index (χ3v) is 3.94. The second-order valence-electron chi connectivity index (χ2n) is 6.07. The maximum absolute atomic E-state index is 4.56. The quantitative estimate of drug-likeness (QED) is 0.599. The lowest BCUT2D eigenvalue weighted by Gasteiger charge is -2.10. The minimum absolute atomic E-state index is 0.661. The van der Waals surface area contributed by atoms with Crippen LogP contribution >= 0.6 is 0 Å². The number of hydrogen-bond acceptors (Lipinski definition) is 4. The van der Waals surface area contributed by atoms with Gasteiger partial charge in [0.25, 0.3) is 0 Å². The average molecular weight is 332 g/mol. The van der Waals surface area contributed by atoms with E-state index in [1.54, 1.807) is 0 Å². The van der Waals surface area contributed by atoms with Crippen LogP contribution in [0, 0.1) is 6.92 Å². The SMILES string of the molecule is Cc1cc(NCCCc2ccccc2)nc(NCc2ccccc2)n1. The average Bonchev–Trinajstić information content (AvgIpc) is 2.65. The number of aryl methyl sites for hydroxylation is 2. The van der Waals surface area contributed by atoms with E-state index in [9.17, 15) is 0 Å². The topological polar surface area (TPSA) is 49.8 Å². The summed E-state index contributed by atoms with van der Waals surface area (Å²) in [5.41, 5.74) is 3.54. The molecule has 0 saturated carbocycles. The first-order valence-electron chi connectivity index (χ1n) is 8.71. The summed E-state index contributed by atoms with van der Waals surface area (Å²) in [4.78, 5) is 9.02. The van der Waals surface area contributed by atoms with Crippen LogP contribution in [0.3, 0.4) is 0 Å². The number of hydrogen-bond donors (Lipinski definition) is 2. The molecule has 1 aromatic heterocycles. The number of rotatable bonds is 8. The molecule has 0 radical (unpaired) electrons. The second-order valence-corrected chi connectivity index (χ2v) is 6.07. The van der Waals surface area contributed by atoms with Crippen molar-refractivity contribution in [2.24, 2.45) is 0 Å². The molecule has 25 heavy (non-hydrogen) atoms. The largest absolute Gasteiger partial charge is 0.370 e. The maximum Gasteiger partial charge on any atom is 0.225 e. The van der Waals surface area contributed by atoms with E-state index in [0.717, 1.165) is 37.4 Å². The zero-order chi connectivity index (χ0) is 17.3. The van der Waals surface area contributed by atoms with E-state index in [2.05, 4.69) is 63.1 Å². The molecule has 0 aliphatic heterocycles. The van der Waals surface area contributed by atoms with Gasteiger partial charge in [0, 0.05) is 24.8 Å². The van der Waals surface area contributed by atoms with Crippen LogP contribution in [0.15, 0.2) is 66.7 Å². The molecule has 0 aliphatic rings. The minimum atomic E-state index is 0.661. The molecule has 3 rings (SSSR count). The van der Waals surface area contributed by atoms with E-state index in [0.29, 0.717) is 5.95 Å². The summed E-state index contributed by atoms with van der Waals surface area (Å²) in [5, 5.41) is 6.70. The third-order valence-electron chi connectivity index (χ3n) is 3.94. The van der Waals surface area contributed by atoms with Crippen LogP contribution in [0.1, 0.15) is 23.2 Å². The van der Waals surface area contributed by atoms with Gasteiger partial charge in [-0.1, -0.05) is 60.7 Å². The summed E-state index contributed by atoms with van der Waals surface area (Å²) >= 11 is 0. The Hall–Kier alpha value is -2.88. The summed E-state index contributed by atoms with van der Waals surface area (Å²) in [6.07, 6.45) is 2.14. The molecule has 1 heterocycles. The molecule has 0 aliphatic carbocycles. The Morgan fingerprint density at radius 3 is 2.20 bits per heavy atom. The summed E-state index contributed by atoms with van der Waals surface area (Å²) in [6.45, 7) is 3.60. The van der Waals surface area contributed by atoms with Crippen molar-refractivity contribution in [1.82, 2.24) is 9.97 Å². The Morgan fingerprint density at radius 1 is 0.800 bits per heavy atom. The van der Waals surface area contributed by atoms with Crippen molar-refractivity contribution < 1.29 is 0 Å². The first-order chi connectivity index (χ1) is 12.3. The summed E-state index contributed by atoms with van der Waals surface area (Å²) in [5.74, 6) is 1.53. The van der Waals surface area contributed by atoms with Gasteiger partial charge in [0.05, 0.1) is 0 Å². The Balaban J connectivity index is 1.50. The van der Waals surface area contributed by atoms with Crippen molar-refractivity contribution in [3.63, 3.8) is 0 Å². The van der Waals surface area contributed by atoms with Gasteiger partial charge >= 0.3 is 0 Å². The molecule has 0 saturated heterocycles. The van der Waals surface area contributed by atoms with Gasteiger partial charge in [0.1, 0.15) is 5.82 Å². The van der Waals surface area contributed by atoms with Crippen LogP contribution in [0.2, 0.25) is 0 Å². The van der Waals surface area contributed by atoms with E-state index in [4.69, 9.17) is 0 Å². The third kappa shape index (κ3) is 5.60. The van der Waals surface area contributed by atoms with E-state index in [1.807, 2.05) is 31.2 Å². The van der Waals surface area contributed by atoms with Crippen molar-refractivity contribution in [1.29, 1.82) is 0 Å². The van der Waals surface area contributed by atoms with Crippen LogP contribution in [0.25, 0.3) is 0 Å². The zero-order valence-electron chi connectivity index (χ0n) is 14.6. The molecule has 3 aromatic rings. The van der Waals surface area contributed by atoms with Crippen molar-refractivity contribution >= 4 is 11.8 Å². The lowest BCUT2D eigenvalue weighted by molar-refractivity contribution is 0.857. The van der Waals surface area contributed by atoms with Crippen LogP contribution in [0.5, 0.6) is 0 Å². The molecule has 4 nitrogen and oxygen atoms in total. The van der Waals surface area contributed by atoms with Crippen molar-refractivity contribution in [3.8, 4) is 0 Å². The first kappa shape index (κ1) is 17.0. The molecule has 0 atom stereocenters. The predicted octanol–water partition coefficient (Wildman–Crippen LogP) is 4.44. The van der Waals surface area contributed by atoms with Crippen LogP contribution in [0.4, 0.5) is 11.8 Å². The van der Waals surface area contributed by atoms with Gasteiger partial charge in [-0.25, -0.2) is 4.98 Å². The first-order valence-corrected chi connectivity index (χ1v) is 8.71. The molecule has 0 spiro atoms. The van der Waals surface area contributed by atoms with Crippen LogP contribution < -0.4 is 10.6 Å². The highest BCUT2D eigenvalue weighted by Crippen LogP contribution is 2.11. The predicted molar refractivity (Wildman–Crippen MR) is 104 cm³/mol. The summed E-state index contributed by atoms with van der Waals surface area (Å²) < 4.78 is 0. The molecule has 128 valence electrons. The highest BCUT2D eigenvalue weighted by atomic mass is 15.1. The molecule has 0 bridgehead atoms. The number of anilines is 2. The second kappa shape index (κ2) is 8.83. The van der Waals surface area contributed by atoms with Crippen LogP contribution in [-0.2, 0) is 13.0 Å². The number of nitrogens with one attached hydrogen (secondary N) is 2. The normalized spacial score (nSPS) is 10.4. The fourth-order valence-electron chi connectivity index (χ4n) is 2.67. The summed E-state index contributed by atoms with van der Waals surface area (Å²) in [6, 6.07) is 22.8. The Labute approximate surface area is 149 Å². The Bertz CT molecular complexity index is 772. The fourth-order valence-corrected chi connectivity index (χ4v) is 2.67. The van der Waals surface area contributed by atoms with Gasteiger partial charge in [-0.05, 0) is 30.9 Å². The molecular weight excluding hydrogens is 308 g/mol. The standard InChI is InChI=1S/C21H24N4/c1-17-15-20(22-14-8-13-18-9-4-2-5-10-18)25-21(24-17)23-16-19-11-6-3-7-12-19/h2-7,9-12,15H,8,13-14,16H2,1H3,(H2,22,23,24,25). The summed E-state index contributed by atoms with van der Waals surface area (Å²) in [7, 11) is 0. The Kier molecular flexibility index (Phi) is 5.99. The van der Waals surface area contributed by atoms with E-state index in [-0.39, 0.29) is 0 Å². The smallest absolute Gasteiger partial charge is 0.225 e. The van der Waals surface area contributed by atoms with Gasteiger partial charge in [0.15, 0.2) is 0 Å². The molecule has 2 N–H and O–H groups in total. The number of benzene rings is 2. The zero-order valence-corrected chi connectivity index (χ0v) is 14.6. The van der Waals surface area contributed by atoms with Crippen molar-refractivity contribution in [2.75, 3.05) is 17.2 Å². The van der Waals surface area contributed by atoms with E-state index < -0.39 is 0 Å². The molecule has 2 aromatic carbocycles. The molecule has 0 fully saturated rings. The van der Waals surface area contributed by atoms with Gasteiger partial charge in [-0.15, -0.1) is 0 Å². The highest BCUT2D eigenvalue weighted by Gasteiger charge is 2.02. The van der Waals surface area contributed by atoms with Crippen molar-refractivity contribution in [3.05, 3.63) is 83.6 Å². The lowest BCUT2D eigenvalue weighted by atomic mass is 10.1. The van der Waals surface area contributed by atoms with Crippen molar-refractivity contribution in [2.45, 2.75) is 26.3 Å². The molecule has 4 heteroatoms. The molecule has 0 amide bonds. The fraction of sp³-hybridized carbons (Fsp3) is 0.238. The highest BCUT2D eigenvalue weighted by molar-refractivity contribution is 5.42. The van der Waals surface area contributed by atoms with Crippen LogP contribution in [-0.4, -0.2) is 16.5 Å². The van der Waals surface area contributed by atoms with E-state index in [1.165, 1.54) is 11.1 Å². The van der Waals surface area contributed by atoms with Gasteiger partial charge in [0.2, 0.25) is 5.95 Å². The van der Waals surface area contributed by atoms with E-state index >= 15 is 0 Å². The maximum atomic E-state index is 4.56. The number of aromatic nitrogens is 2. The molecular formula is C21H24N4. The van der Waals surface area contributed by atoms with Gasteiger partial charge in [-0.2, -0.15) is 4.98 Å². The van der Waals surface area contributed by atoms with Gasteiger partial charge in [-0.3, -0.25) is 0 Å². The molecule has 0 unspecified atom stereocenters. The Morgan fingerprint density at radius 2 is 1.48 bits per heavy atom. The minimum Gasteiger partial charge on any atom is -0.370 e. The monoisotopic (exact) mass is 332 g/mol. The number of nitrogens with zero attached hydrogens (tertiary/aromatic N) is 2. The lowest BCUT2D eigenvalue weighted by Crippen LogP contribution is -2.09.